The van der Waals surface area contributed by atoms with Crippen molar-refractivity contribution in [2.75, 3.05) is 13.2 Å². The zero-order valence-corrected chi connectivity index (χ0v) is 8.62. The Kier molecular flexibility index (Phi) is 2.63. The van der Waals surface area contributed by atoms with Gasteiger partial charge in [0.05, 0.1) is 6.61 Å². The molecule has 1 aliphatic heterocycles. The van der Waals surface area contributed by atoms with E-state index in [1.807, 2.05) is 0 Å². The SMILES string of the molecule is CCCN=C1NC2(CO)CCCC2O1. The minimum absolute atomic E-state index is 0.128. The summed E-state index contributed by atoms with van der Waals surface area (Å²) in [5, 5.41) is 12.6. The van der Waals surface area contributed by atoms with Crippen LogP contribution < -0.4 is 5.32 Å². The number of fused-ring (bicyclic) bond motifs is 1. The number of aliphatic hydroxyl groups excluding tert-OH is 1. The number of aliphatic imine (C=N–C) groups is 1. The lowest BCUT2D eigenvalue weighted by atomic mass is 9.98. The fourth-order valence-electron chi connectivity index (χ4n) is 2.24. The molecular weight excluding hydrogens is 180 g/mol. The van der Waals surface area contributed by atoms with Gasteiger partial charge in [-0.05, 0) is 25.7 Å². The van der Waals surface area contributed by atoms with Crippen molar-refractivity contribution in [1.82, 2.24) is 5.32 Å². The molecule has 80 valence electrons. The lowest BCUT2D eigenvalue weighted by molar-refractivity contribution is 0.110. The molecule has 4 heteroatoms. The van der Waals surface area contributed by atoms with Crippen LogP contribution in [0, 0.1) is 0 Å². The molecule has 2 atom stereocenters. The first-order valence-corrected chi connectivity index (χ1v) is 5.41. The van der Waals surface area contributed by atoms with Gasteiger partial charge >= 0.3 is 0 Å². The number of amidine groups is 1. The highest BCUT2D eigenvalue weighted by atomic mass is 16.5. The van der Waals surface area contributed by atoms with Crippen LogP contribution >= 0.6 is 0 Å². The monoisotopic (exact) mass is 198 g/mol. The summed E-state index contributed by atoms with van der Waals surface area (Å²) in [5.74, 6) is 0. The third kappa shape index (κ3) is 1.47. The van der Waals surface area contributed by atoms with Crippen LogP contribution in [0.15, 0.2) is 4.99 Å². The summed E-state index contributed by atoms with van der Waals surface area (Å²) in [6, 6.07) is 0.630. The molecule has 0 radical (unpaired) electrons. The molecule has 0 aromatic rings. The molecule has 0 spiro atoms. The first-order valence-electron chi connectivity index (χ1n) is 5.41. The van der Waals surface area contributed by atoms with E-state index in [4.69, 9.17) is 4.74 Å². The van der Waals surface area contributed by atoms with Crippen molar-refractivity contribution in [2.24, 2.45) is 4.99 Å². The standard InChI is InChI=1S/C10H18N2O2/c1-2-6-11-9-12-10(7-13)5-3-4-8(10)14-9/h8,13H,2-7H2,1H3,(H,11,12). The number of hydrogen-bond acceptors (Lipinski definition) is 3. The van der Waals surface area contributed by atoms with Crippen molar-refractivity contribution in [3.05, 3.63) is 0 Å². The third-order valence-corrected chi connectivity index (χ3v) is 3.08. The number of aliphatic hydroxyl groups is 1. The number of nitrogens with one attached hydrogen (secondary N) is 1. The Bertz CT molecular complexity index is 242. The molecule has 14 heavy (non-hydrogen) atoms. The maximum absolute atomic E-state index is 9.37. The quantitative estimate of drug-likeness (QED) is 0.700. The Morgan fingerprint density at radius 3 is 3.21 bits per heavy atom. The maximum atomic E-state index is 9.37. The highest BCUT2D eigenvalue weighted by Crippen LogP contribution is 2.36. The van der Waals surface area contributed by atoms with Crippen LogP contribution in [-0.2, 0) is 4.74 Å². The van der Waals surface area contributed by atoms with Crippen molar-refractivity contribution in [3.8, 4) is 0 Å². The summed E-state index contributed by atoms with van der Waals surface area (Å²) >= 11 is 0. The zero-order valence-electron chi connectivity index (χ0n) is 8.62. The van der Waals surface area contributed by atoms with Crippen molar-refractivity contribution in [1.29, 1.82) is 0 Å². The smallest absolute Gasteiger partial charge is 0.285 e. The highest BCUT2D eigenvalue weighted by molar-refractivity contribution is 5.77. The van der Waals surface area contributed by atoms with Gasteiger partial charge in [-0.1, -0.05) is 6.92 Å². The molecule has 1 aliphatic carbocycles. The number of nitrogens with zero attached hydrogens (tertiary/aromatic N) is 1. The van der Waals surface area contributed by atoms with E-state index in [0.29, 0.717) is 6.02 Å². The zero-order chi connectivity index (χ0) is 10.0. The van der Waals surface area contributed by atoms with Gasteiger partial charge in [-0.15, -0.1) is 0 Å². The van der Waals surface area contributed by atoms with E-state index in [-0.39, 0.29) is 18.2 Å². The van der Waals surface area contributed by atoms with E-state index in [1.165, 1.54) is 0 Å². The molecule has 1 heterocycles. The van der Waals surface area contributed by atoms with Crippen molar-refractivity contribution < 1.29 is 9.84 Å². The highest BCUT2D eigenvalue weighted by Gasteiger charge is 2.50. The summed E-state index contributed by atoms with van der Waals surface area (Å²) in [7, 11) is 0. The van der Waals surface area contributed by atoms with Gasteiger partial charge < -0.3 is 15.2 Å². The molecule has 0 amide bonds. The molecule has 0 bridgehead atoms. The van der Waals surface area contributed by atoms with Crippen molar-refractivity contribution >= 4 is 6.02 Å². The molecule has 1 saturated heterocycles. The molecule has 2 N–H and O–H groups in total. The van der Waals surface area contributed by atoms with Crippen molar-refractivity contribution in [3.63, 3.8) is 0 Å². The molecule has 2 aliphatic rings. The average Bonchev–Trinajstić information content (AvgIpc) is 2.70. The molecule has 1 saturated carbocycles. The molecule has 2 rings (SSSR count). The van der Waals surface area contributed by atoms with Gasteiger partial charge in [-0.3, -0.25) is 0 Å². The number of rotatable bonds is 3. The Hall–Kier alpha value is -0.770. The topological polar surface area (TPSA) is 53.9 Å². The molecule has 2 unspecified atom stereocenters. The Morgan fingerprint density at radius 1 is 1.71 bits per heavy atom. The van der Waals surface area contributed by atoms with Crippen LogP contribution in [0.25, 0.3) is 0 Å². The van der Waals surface area contributed by atoms with Gasteiger partial charge in [0.2, 0.25) is 0 Å². The van der Waals surface area contributed by atoms with E-state index in [2.05, 4.69) is 17.2 Å². The Morgan fingerprint density at radius 2 is 2.57 bits per heavy atom. The minimum atomic E-state index is -0.230. The van der Waals surface area contributed by atoms with Crippen LogP contribution in [0.3, 0.4) is 0 Å². The first-order chi connectivity index (χ1) is 6.80. The van der Waals surface area contributed by atoms with Gasteiger partial charge in [0, 0.05) is 6.54 Å². The molecule has 4 nitrogen and oxygen atoms in total. The van der Waals surface area contributed by atoms with Gasteiger partial charge in [0.1, 0.15) is 11.6 Å². The molecule has 0 aromatic carbocycles. The molecule has 0 aromatic heterocycles. The summed E-state index contributed by atoms with van der Waals surface area (Å²) in [6.45, 7) is 3.01. The molecule has 2 fully saturated rings. The van der Waals surface area contributed by atoms with Crippen LogP contribution in [0.5, 0.6) is 0 Å². The summed E-state index contributed by atoms with van der Waals surface area (Å²) < 4.78 is 5.66. The lowest BCUT2D eigenvalue weighted by Crippen LogP contribution is -2.48. The second-order valence-corrected chi connectivity index (χ2v) is 4.12. The average molecular weight is 198 g/mol. The van der Waals surface area contributed by atoms with E-state index < -0.39 is 0 Å². The lowest BCUT2D eigenvalue weighted by Gasteiger charge is -2.23. The largest absolute Gasteiger partial charge is 0.459 e. The normalized spacial score (nSPS) is 38.1. The van der Waals surface area contributed by atoms with E-state index in [1.54, 1.807) is 0 Å². The summed E-state index contributed by atoms with van der Waals surface area (Å²) in [4.78, 5) is 4.29. The third-order valence-electron chi connectivity index (χ3n) is 3.08. The minimum Gasteiger partial charge on any atom is -0.459 e. The second-order valence-electron chi connectivity index (χ2n) is 4.12. The predicted octanol–water partition coefficient (Wildman–Crippen LogP) is 0.656. The van der Waals surface area contributed by atoms with E-state index >= 15 is 0 Å². The first kappa shape index (κ1) is 9.77. The van der Waals surface area contributed by atoms with Gasteiger partial charge in [0.15, 0.2) is 0 Å². The maximum Gasteiger partial charge on any atom is 0.285 e. The van der Waals surface area contributed by atoms with Gasteiger partial charge in [-0.2, -0.15) is 0 Å². The Balaban J connectivity index is 2.05. The predicted molar refractivity (Wildman–Crippen MR) is 54.3 cm³/mol. The van der Waals surface area contributed by atoms with Crippen molar-refractivity contribution in [2.45, 2.75) is 44.2 Å². The second kappa shape index (κ2) is 3.77. The van der Waals surface area contributed by atoms with Crippen LogP contribution in [0.2, 0.25) is 0 Å². The fraction of sp³-hybridized carbons (Fsp3) is 0.900. The van der Waals surface area contributed by atoms with Crippen LogP contribution in [-0.4, -0.2) is 35.9 Å². The van der Waals surface area contributed by atoms with E-state index in [9.17, 15) is 5.11 Å². The number of ether oxygens (including phenoxy) is 1. The fourth-order valence-corrected chi connectivity index (χ4v) is 2.24. The van der Waals surface area contributed by atoms with Crippen LogP contribution in [0.1, 0.15) is 32.6 Å². The molecular formula is C10H18N2O2. The van der Waals surface area contributed by atoms with Gasteiger partial charge in [-0.25, -0.2) is 4.99 Å². The Labute approximate surface area is 84.4 Å². The summed E-state index contributed by atoms with van der Waals surface area (Å²) in [6.07, 6.45) is 4.28. The van der Waals surface area contributed by atoms with Gasteiger partial charge in [0.25, 0.3) is 6.02 Å². The van der Waals surface area contributed by atoms with Crippen LogP contribution in [0.4, 0.5) is 0 Å². The number of hydrogen-bond donors (Lipinski definition) is 2. The summed E-state index contributed by atoms with van der Waals surface area (Å²) in [5.41, 5.74) is -0.230. The van der Waals surface area contributed by atoms with E-state index in [0.717, 1.165) is 32.2 Å².